The topological polar surface area (TPSA) is 60.9 Å². The molecule has 1 heterocycles. The molecule has 4 amide bonds. The van der Waals surface area contributed by atoms with E-state index in [2.05, 4.69) is 0 Å². The zero-order valence-electron chi connectivity index (χ0n) is 16.2. The van der Waals surface area contributed by atoms with Crippen LogP contribution < -0.4 is 0 Å². The van der Waals surface area contributed by atoms with Crippen LogP contribution in [0.2, 0.25) is 0 Å². The Kier molecular flexibility index (Phi) is 4.85. The molecule has 2 saturated carbocycles. The first kappa shape index (κ1) is 18.9. The third kappa shape index (κ3) is 3.27. The minimum Gasteiger partial charge on any atom is -0.334 e. The van der Waals surface area contributed by atoms with E-state index in [0.29, 0.717) is 24.9 Å². The second-order valence-corrected chi connectivity index (χ2v) is 8.21. The fraction of sp³-hybridized carbons (Fsp3) is 0.571. The Morgan fingerprint density at radius 2 is 1.93 bits per heavy atom. The molecule has 0 aromatic heterocycles. The van der Waals surface area contributed by atoms with Crippen molar-refractivity contribution in [3.05, 3.63) is 35.6 Å². The number of benzene rings is 1. The molecule has 0 unspecified atom stereocenters. The standard InChI is InChI=1S/C21H26FN3O3/c1-23-20(28)25(19(27)21(23)10-3-2-4-11-21)14-18(26)24(17-8-9-17)13-15-6-5-7-16(22)12-15/h5-7,12,17H,2-4,8-11,13-14H2,1H3. The molecule has 7 heteroatoms. The molecule has 1 aromatic carbocycles. The van der Waals surface area contributed by atoms with E-state index in [1.54, 1.807) is 24.1 Å². The van der Waals surface area contributed by atoms with E-state index in [1.165, 1.54) is 17.0 Å². The van der Waals surface area contributed by atoms with Crippen molar-refractivity contribution in [2.75, 3.05) is 13.6 Å². The van der Waals surface area contributed by atoms with Gasteiger partial charge in [-0.05, 0) is 43.4 Å². The van der Waals surface area contributed by atoms with Gasteiger partial charge in [-0.2, -0.15) is 0 Å². The number of carbonyl (C=O) groups is 3. The highest BCUT2D eigenvalue weighted by Crippen LogP contribution is 2.39. The lowest BCUT2D eigenvalue weighted by Gasteiger charge is -2.35. The fourth-order valence-corrected chi connectivity index (χ4v) is 4.54. The van der Waals surface area contributed by atoms with E-state index in [1.807, 2.05) is 0 Å². The number of hydrogen-bond acceptors (Lipinski definition) is 3. The quantitative estimate of drug-likeness (QED) is 0.730. The summed E-state index contributed by atoms with van der Waals surface area (Å²) in [6, 6.07) is 5.90. The summed E-state index contributed by atoms with van der Waals surface area (Å²) in [4.78, 5) is 43.2. The van der Waals surface area contributed by atoms with E-state index < -0.39 is 5.54 Å². The predicted molar refractivity (Wildman–Crippen MR) is 101 cm³/mol. The molecule has 1 saturated heterocycles. The fourth-order valence-electron chi connectivity index (χ4n) is 4.54. The van der Waals surface area contributed by atoms with Gasteiger partial charge in [0, 0.05) is 19.6 Å². The summed E-state index contributed by atoms with van der Waals surface area (Å²) in [6.07, 6.45) is 6.01. The number of hydrogen-bond donors (Lipinski definition) is 0. The predicted octanol–water partition coefficient (Wildman–Crippen LogP) is 2.91. The van der Waals surface area contributed by atoms with Crippen molar-refractivity contribution in [1.82, 2.24) is 14.7 Å². The van der Waals surface area contributed by atoms with Gasteiger partial charge in [0.25, 0.3) is 5.91 Å². The normalized spacial score (nSPS) is 21.5. The Balaban J connectivity index is 1.49. The van der Waals surface area contributed by atoms with E-state index in [4.69, 9.17) is 0 Å². The van der Waals surface area contributed by atoms with Crippen LogP contribution in [-0.4, -0.2) is 57.7 Å². The van der Waals surface area contributed by atoms with Crippen LogP contribution in [0.15, 0.2) is 24.3 Å². The first-order valence-electron chi connectivity index (χ1n) is 10.1. The van der Waals surface area contributed by atoms with Gasteiger partial charge >= 0.3 is 6.03 Å². The van der Waals surface area contributed by atoms with Crippen molar-refractivity contribution < 1.29 is 18.8 Å². The van der Waals surface area contributed by atoms with Gasteiger partial charge < -0.3 is 9.80 Å². The maximum absolute atomic E-state index is 13.5. The lowest BCUT2D eigenvalue weighted by molar-refractivity contribution is -0.141. The Morgan fingerprint density at radius 1 is 1.21 bits per heavy atom. The van der Waals surface area contributed by atoms with Crippen molar-refractivity contribution in [3.63, 3.8) is 0 Å². The number of carbonyl (C=O) groups excluding carboxylic acids is 3. The Bertz CT molecular complexity index is 802. The summed E-state index contributed by atoms with van der Waals surface area (Å²) in [7, 11) is 1.67. The molecule has 2 aliphatic carbocycles. The number of rotatable bonds is 5. The van der Waals surface area contributed by atoms with Crippen LogP contribution in [0, 0.1) is 5.82 Å². The number of nitrogens with zero attached hydrogens (tertiary/aromatic N) is 3. The summed E-state index contributed by atoms with van der Waals surface area (Å²) < 4.78 is 13.5. The Morgan fingerprint density at radius 3 is 2.57 bits per heavy atom. The van der Waals surface area contributed by atoms with E-state index in [0.717, 1.165) is 37.0 Å². The van der Waals surface area contributed by atoms with Crippen LogP contribution in [0.3, 0.4) is 0 Å². The summed E-state index contributed by atoms with van der Waals surface area (Å²) >= 11 is 0. The molecular formula is C21H26FN3O3. The van der Waals surface area contributed by atoms with Crippen molar-refractivity contribution >= 4 is 17.8 Å². The average molecular weight is 387 g/mol. The molecular weight excluding hydrogens is 361 g/mol. The van der Waals surface area contributed by atoms with Crippen molar-refractivity contribution in [2.45, 2.75) is 63.1 Å². The van der Waals surface area contributed by atoms with E-state index >= 15 is 0 Å². The highest BCUT2D eigenvalue weighted by Gasteiger charge is 2.56. The summed E-state index contributed by atoms with van der Waals surface area (Å²) in [5, 5.41) is 0. The Labute approximate surface area is 164 Å². The number of halogens is 1. The van der Waals surface area contributed by atoms with Gasteiger partial charge in [0.2, 0.25) is 5.91 Å². The largest absolute Gasteiger partial charge is 0.334 e. The third-order valence-electron chi connectivity index (χ3n) is 6.33. The molecule has 28 heavy (non-hydrogen) atoms. The van der Waals surface area contributed by atoms with Gasteiger partial charge in [-0.3, -0.25) is 14.5 Å². The second kappa shape index (κ2) is 7.18. The van der Waals surface area contributed by atoms with Gasteiger partial charge in [-0.1, -0.05) is 31.4 Å². The van der Waals surface area contributed by atoms with Crippen molar-refractivity contribution in [1.29, 1.82) is 0 Å². The molecule has 1 spiro atoms. The molecule has 3 aliphatic rings. The average Bonchev–Trinajstić information content (AvgIpc) is 3.51. The second-order valence-electron chi connectivity index (χ2n) is 8.21. The summed E-state index contributed by atoms with van der Waals surface area (Å²) in [5.74, 6) is -0.837. The molecule has 4 rings (SSSR count). The van der Waals surface area contributed by atoms with Crippen LogP contribution in [0.5, 0.6) is 0 Å². The number of amides is 4. The maximum atomic E-state index is 13.5. The first-order valence-corrected chi connectivity index (χ1v) is 10.1. The smallest absolute Gasteiger partial charge is 0.327 e. The monoisotopic (exact) mass is 387 g/mol. The molecule has 0 radical (unpaired) electrons. The van der Waals surface area contributed by atoms with Crippen molar-refractivity contribution in [2.24, 2.45) is 0 Å². The number of likely N-dealkylation sites (N-methyl/N-ethyl adjacent to an activating group) is 1. The van der Waals surface area contributed by atoms with Gasteiger partial charge in [0.1, 0.15) is 17.9 Å². The molecule has 1 aliphatic heterocycles. The minimum absolute atomic E-state index is 0.102. The molecule has 150 valence electrons. The van der Waals surface area contributed by atoms with E-state index in [9.17, 15) is 18.8 Å². The molecule has 0 bridgehead atoms. The van der Waals surface area contributed by atoms with Crippen LogP contribution in [0.1, 0.15) is 50.5 Å². The van der Waals surface area contributed by atoms with Crippen LogP contribution in [0.4, 0.5) is 9.18 Å². The van der Waals surface area contributed by atoms with Gasteiger partial charge in [0.15, 0.2) is 0 Å². The molecule has 0 atom stereocenters. The molecule has 0 N–H and O–H groups in total. The SMILES string of the molecule is CN1C(=O)N(CC(=O)N(Cc2cccc(F)c2)C2CC2)C(=O)C12CCCCC2. The number of urea groups is 1. The molecule has 1 aromatic rings. The highest BCUT2D eigenvalue weighted by atomic mass is 19.1. The maximum Gasteiger partial charge on any atom is 0.327 e. The minimum atomic E-state index is -0.775. The Hall–Kier alpha value is -2.44. The summed E-state index contributed by atoms with van der Waals surface area (Å²) in [5.41, 5.74) is -0.0667. The number of imide groups is 1. The lowest BCUT2D eigenvalue weighted by Crippen LogP contribution is -2.49. The van der Waals surface area contributed by atoms with Crippen molar-refractivity contribution in [3.8, 4) is 0 Å². The lowest BCUT2D eigenvalue weighted by atomic mass is 9.81. The van der Waals surface area contributed by atoms with Crippen LogP contribution in [0.25, 0.3) is 0 Å². The van der Waals surface area contributed by atoms with Crippen LogP contribution in [-0.2, 0) is 16.1 Å². The van der Waals surface area contributed by atoms with Gasteiger partial charge in [-0.15, -0.1) is 0 Å². The van der Waals surface area contributed by atoms with Gasteiger partial charge in [0.05, 0.1) is 0 Å². The van der Waals surface area contributed by atoms with Gasteiger partial charge in [-0.25, -0.2) is 9.18 Å². The first-order chi connectivity index (χ1) is 13.4. The van der Waals surface area contributed by atoms with Crippen LogP contribution >= 0.6 is 0 Å². The zero-order valence-corrected chi connectivity index (χ0v) is 16.2. The molecule has 6 nitrogen and oxygen atoms in total. The zero-order chi connectivity index (χ0) is 19.9. The molecule has 3 fully saturated rings. The summed E-state index contributed by atoms with van der Waals surface area (Å²) in [6.45, 7) is 0.0496. The van der Waals surface area contributed by atoms with E-state index in [-0.39, 0.29) is 36.2 Å². The highest BCUT2D eigenvalue weighted by molar-refractivity contribution is 6.09. The third-order valence-corrected chi connectivity index (χ3v) is 6.33.